The largest absolute Gasteiger partial charge is 0.297 e. The molecule has 138 valence electrons. The highest BCUT2D eigenvalue weighted by atomic mass is 35.5. The lowest BCUT2D eigenvalue weighted by atomic mass is 10.1. The summed E-state index contributed by atoms with van der Waals surface area (Å²) < 4.78 is 0.861. The van der Waals surface area contributed by atoms with Gasteiger partial charge in [0.05, 0.1) is 0 Å². The Hall–Kier alpha value is -2.15. The Balaban J connectivity index is 1.42. The zero-order valence-electron chi connectivity index (χ0n) is 14.5. The summed E-state index contributed by atoms with van der Waals surface area (Å²) in [5, 5.41) is 12.1. The van der Waals surface area contributed by atoms with Gasteiger partial charge in [-0.15, -0.1) is 10.2 Å². The lowest BCUT2D eigenvalue weighted by Gasteiger charge is -1.99. The number of carbonyl (C=O) groups is 1. The molecule has 27 heavy (non-hydrogen) atoms. The minimum Gasteiger partial charge on any atom is -0.297 e. The first-order valence-electron chi connectivity index (χ1n) is 8.44. The van der Waals surface area contributed by atoms with Gasteiger partial charge in [-0.25, -0.2) is 0 Å². The van der Waals surface area contributed by atoms with E-state index in [4.69, 9.17) is 11.6 Å². The lowest BCUT2D eigenvalue weighted by Crippen LogP contribution is -2.07. The van der Waals surface area contributed by atoms with Gasteiger partial charge in [0.15, 0.2) is 4.34 Å². The lowest BCUT2D eigenvalue weighted by molar-refractivity contribution is -0.111. The van der Waals surface area contributed by atoms with Crippen molar-refractivity contribution in [2.24, 2.45) is 0 Å². The minimum atomic E-state index is -0.235. The SMILES string of the molecule is O=C(/C=C/c1ccc(Cl)cc1)Nc1nnc(SCCCc2ccccc2)s1. The van der Waals surface area contributed by atoms with Crippen LogP contribution in [-0.4, -0.2) is 21.9 Å². The van der Waals surface area contributed by atoms with Crippen LogP contribution in [0, 0.1) is 0 Å². The molecule has 0 aliphatic heterocycles. The van der Waals surface area contributed by atoms with E-state index in [0.717, 1.165) is 28.5 Å². The summed E-state index contributed by atoms with van der Waals surface area (Å²) in [6.45, 7) is 0. The van der Waals surface area contributed by atoms with Gasteiger partial charge in [0, 0.05) is 16.9 Å². The summed E-state index contributed by atoms with van der Waals surface area (Å²) in [6, 6.07) is 17.7. The molecule has 0 fully saturated rings. The fraction of sp³-hybridized carbons (Fsp3) is 0.150. The summed E-state index contributed by atoms with van der Waals surface area (Å²) in [5.74, 6) is 0.732. The molecule has 7 heteroatoms. The summed E-state index contributed by atoms with van der Waals surface area (Å²) >= 11 is 8.89. The van der Waals surface area contributed by atoms with E-state index < -0.39 is 0 Å². The van der Waals surface area contributed by atoms with Crippen LogP contribution < -0.4 is 5.32 Å². The average Bonchev–Trinajstić information content (AvgIpc) is 3.13. The highest BCUT2D eigenvalue weighted by Crippen LogP contribution is 2.26. The third-order valence-corrected chi connectivity index (χ3v) is 5.92. The van der Waals surface area contributed by atoms with Gasteiger partial charge in [0.25, 0.3) is 0 Å². The number of thioether (sulfide) groups is 1. The Kier molecular flexibility index (Phi) is 7.45. The topological polar surface area (TPSA) is 54.9 Å². The van der Waals surface area contributed by atoms with Crippen LogP contribution in [0.3, 0.4) is 0 Å². The number of aryl methyl sites for hydroxylation is 1. The highest BCUT2D eigenvalue weighted by Gasteiger charge is 2.07. The van der Waals surface area contributed by atoms with E-state index in [-0.39, 0.29) is 5.91 Å². The molecule has 0 unspecified atom stereocenters. The van der Waals surface area contributed by atoms with Crippen molar-refractivity contribution in [1.29, 1.82) is 0 Å². The fourth-order valence-electron chi connectivity index (χ4n) is 2.29. The highest BCUT2D eigenvalue weighted by molar-refractivity contribution is 8.01. The van der Waals surface area contributed by atoms with Crippen molar-refractivity contribution >= 4 is 51.8 Å². The molecule has 0 radical (unpaired) electrons. The number of carbonyl (C=O) groups excluding carboxylic acids is 1. The van der Waals surface area contributed by atoms with Crippen LogP contribution in [0.2, 0.25) is 5.02 Å². The molecule has 0 aliphatic carbocycles. The van der Waals surface area contributed by atoms with Gasteiger partial charge < -0.3 is 0 Å². The fourth-order valence-corrected chi connectivity index (χ4v) is 4.18. The number of nitrogens with one attached hydrogen (secondary N) is 1. The van der Waals surface area contributed by atoms with Crippen molar-refractivity contribution in [3.05, 3.63) is 76.8 Å². The molecule has 0 saturated heterocycles. The summed E-state index contributed by atoms with van der Waals surface area (Å²) in [7, 11) is 0. The molecular weight excluding hydrogens is 398 g/mol. The molecule has 4 nitrogen and oxygen atoms in total. The van der Waals surface area contributed by atoms with Gasteiger partial charge in [-0.2, -0.15) is 0 Å². The van der Waals surface area contributed by atoms with Gasteiger partial charge in [-0.1, -0.05) is 77.2 Å². The minimum absolute atomic E-state index is 0.235. The summed E-state index contributed by atoms with van der Waals surface area (Å²) in [4.78, 5) is 12.0. The second-order valence-electron chi connectivity index (χ2n) is 5.68. The number of anilines is 1. The maximum atomic E-state index is 12.0. The molecule has 0 aliphatic rings. The first kappa shape index (κ1) is 19.6. The Bertz CT molecular complexity index is 895. The Morgan fingerprint density at radius 2 is 1.89 bits per heavy atom. The second kappa shape index (κ2) is 10.3. The maximum absolute atomic E-state index is 12.0. The van der Waals surface area contributed by atoms with Crippen molar-refractivity contribution in [1.82, 2.24) is 10.2 Å². The van der Waals surface area contributed by atoms with E-state index in [0.29, 0.717) is 10.2 Å². The monoisotopic (exact) mass is 415 g/mol. The van der Waals surface area contributed by atoms with E-state index in [9.17, 15) is 4.79 Å². The van der Waals surface area contributed by atoms with Gasteiger partial charge in [-0.05, 0) is 42.2 Å². The molecule has 1 amide bonds. The molecule has 0 atom stereocenters. The molecule has 0 bridgehead atoms. The van der Waals surface area contributed by atoms with E-state index in [1.54, 1.807) is 30.0 Å². The Morgan fingerprint density at radius 1 is 1.11 bits per heavy atom. The Labute approximate surface area is 171 Å². The first-order chi connectivity index (χ1) is 13.2. The van der Waals surface area contributed by atoms with Gasteiger partial charge >= 0.3 is 0 Å². The molecular formula is C20H18ClN3OS2. The van der Waals surface area contributed by atoms with E-state index in [2.05, 4.69) is 39.8 Å². The summed E-state index contributed by atoms with van der Waals surface area (Å²) in [5.41, 5.74) is 2.25. The van der Waals surface area contributed by atoms with Crippen LogP contribution in [0.15, 0.2) is 65.0 Å². The van der Waals surface area contributed by atoms with Crippen molar-refractivity contribution in [2.75, 3.05) is 11.1 Å². The number of aromatic nitrogens is 2. The smallest absolute Gasteiger partial charge is 0.250 e. The van der Waals surface area contributed by atoms with Crippen LogP contribution in [-0.2, 0) is 11.2 Å². The first-order valence-corrected chi connectivity index (χ1v) is 10.6. The average molecular weight is 416 g/mol. The van der Waals surface area contributed by atoms with Crippen LogP contribution in [0.4, 0.5) is 5.13 Å². The van der Waals surface area contributed by atoms with E-state index in [1.165, 1.54) is 23.0 Å². The predicted molar refractivity (Wildman–Crippen MR) is 115 cm³/mol. The predicted octanol–water partition coefficient (Wildman–Crippen LogP) is 5.57. The maximum Gasteiger partial charge on any atom is 0.250 e. The number of hydrogen-bond donors (Lipinski definition) is 1. The van der Waals surface area contributed by atoms with Crippen LogP contribution in [0.25, 0.3) is 6.08 Å². The number of benzene rings is 2. The number of amides is 1. The molecule has 0 spiro atoms. The normalized spacial score (nSPS) is 11.0. The quantitative estimate of drug-likeness (QED) is 0.226. The van der Waals surface area contributed by atoms with Crippen LogP contribution in [0.1, 0.15) is 17.5 Å². The molecule has 1 heterocycles. The zero-order chi connectivity index (χ0) is 18.9. The van der Waals surface area contributed by atoms with Crippen molar-refractivity contribution in [3.63, 3.8) is 0 Å². The number of rotatable bonds is 8. The zero-order valence-corrected chi connectivity index (χ0v) is 16.9. The molecule has 0 saturated carbocycles. The third kappa shape index (κ3) is 6.82. The number of hydrogen-bond acceptors (Lipinski definition) is 5. The number of nitrogens with zero attached hydrogens (tertiary/aromatic N) is 2. The number of halogens is 1. The Morgan fingerprint density at radius 3 is 2.67 bits per heavy atom. The van der Waals surface area contributed by atoms with Crippen molar-refractivity contribution in [3.8, 4) is 0 Å². The molecule has 3 aromatic rings. The second-order valence-corrected chi connectivity index (χ2v) is 8.44. The van der Waals surface area contributed by atoms with E-state index in [1.807, 2.05) is 18.2 Å². The molecule has 1 aromatic heterocycles. The van der Waals surface area contributed by atoms with Crippen molar-refractivity contribution in [2.45, 2.75) is 17.2 Å². The standard InChI is InChI=1S/C20H18ClN3OS2/c21-17-11-8-16(9-12-17)10-13-18(25)22-19-23-24-20(27-19)26-14-4-7-15-5-2-1-3-6-15/h1-3,5-6,8-13H,4,7,14H2,(H,22,23,25)/b13-10+. The molecule has 3 rings (SSSR count). The van der Waals surface area contributed by atoms with Gasteiger partial charge in [0.2, 0.25) is 11.0 Å². The van der Waals surface area contributed by atoms with Crippen LogP contribution >= 0.6 is 34.7 Å². The van der Waals surface area contributed by atoms with Crippen LogP contribution in [0.5, 0.6) is 0 Å². The van der Waals surface area contributed by atoms with Gasteiger partial charge in [0.1, 0.15) is 0 Å². The van der Waals surface area contributed by atoms with E-state index >= 15 is 0 Å². The third-order valence-electron chi connectivity index (χ3n) is 3.61. The van der Waals surface area contributed by atoms with Crippen molar-refractivity contribution < 1.29 is 4.79 Å². The summed E-state index contributed by atoms with van der Waals surface area (Å²) in [6.07, 6.45) is 5.31. The van der Waals surface area contributed by atoms with Gasteiger partial charge in [-0.3, -0.25) is 10.1 Å². The molecule has 1 N–H and O–H groups in total. The molecule has 2 aromatic carbocycles.